The number of imidazole rings is 1. The van der Waals surface area contributed by atoms with E-state index in [1.165, 1.54) is 12.5 Å². The molecular formula is C20H34CuN8O5. The van der Waals surface area contributed by atoms with Crippen molar-refractivity contribution in [3.8, 4) is 0 Å². The fourth-order valence-electron chi connectivity index (χ4n) is 2.98. The number of unbranched alkanes of at least 4 members (excludes halogenated alkanes) is 2. The van der Waals surface area contributed by atoms with Crippen LogP contribution in [0.4, 0.5) is 0 Å². The van der Waals surface area contributed by atoms with Gasteiger partial charge in [0.15, 0.2) is 0 Å². The summed E-state index contributed by atoms with van der Waals surface area (Å²) in [6.45, 7) is 0.491. The van der Waals surface area contributed by atoms with Crippen LogP contribution in [0, 0.1) is 0 Å². The Labute approximate surface area is 209 Å². The van der Waals surface area contributed by atoms with Gasteiger partial charge in [0.25, 0.3) is 0 Å². The van der Waals surface area contributed by atoms with Gasteiger partial charge in [-0.1, -0.05) is 24.6 Å². The Morgan fingerprint density at radius 3 is 2.18 bits per heavy atom. The Balaban J connectivity index is 0.0000109. The van der Waals surface area contributed by atoms with Crippen LogP contribution >= 0.6 is 0 Å². The van der Waals surface area contributed by atoms with Gasteiger partial charge in [-0.15, -0.1) is 0 Å². The van der Waals surface area contributed by atoms with Crippen LogP contribution in [-0.4, -0.2) is 66.4 Å². The number of carboxylic acids is 1. The van der Waals surface area contributed by atoms with Crippen molar-refractivity contribution in [1.82, 2.24) is 25.9 Å². The number of nitrogens with zero attached hydrogens (tertiary/aromatic N) is 2. The molecular weight excluding hydrogens is 496 g/mol. The molecule has 1 rings (SSSR count). The largest absolute Gasteiger partial charge is 2.00 e. The smallest absolute Gasteiger partial charge is 0.548 e. The van der Waals surface area contributed by atoms with E-state index in [0.29, 0.717) is 44.5 Å². The van der Waals surface area contributed by atoms with E-state index >= 15 is 0 Å². The molecule has 34 heavy (non-hydrogen) atoms. The topological polar surface area (TPSA) is 232 Å². The first-order chi connectivity index (χ1) is 15.8. The number of hydrogen-bond donors (Lipinski definition) is 6. The molecule has 1 aromatic rings. The number of rotatable bonds is 17. The maximum absolute atomic E-state index is 12.7. The number of nitrogens with two attached hydrogens (primary N) is 3. The van der Waals surface area contributed by atoms with E-state index in [1.807, 2.05) is 0 Å². The van der Waals surface area contributed by atoms with E-state index in [-0.39, 0.29) is 29.9 Å². The molecule has 3 atom stereocenters. The zero-order chi connectivity index (χ0) is 24.6. The number of aromatic nitrogens is 2. The third-order valence-corrected chi connectivity index (χ3v) is 4.86. The van der Waals surface area contributed by atoms with Gasteiger partial charge in [0.05, 0.1) is 24.6 Å². The van der Waals surface area contributed by atoms with Crippen LogP contribution in [0.5, 0.6) is 0 Å². The molecule has 0 spiro atoms. The van der Waals surface area contributed by atoms with Gasteiger partial charge >= 0.3 is 17.1 Å². The third kappa shape index (κ3) is 12.7. The summed E-state index contributed by atoms with van der Waals surface area (Å²) < 4.78 is 0. The first-order valence-corrected chi connectivity index (χ1v) is 10.9. The van der Waals surface area contributed by atoms with Crippen molar-refractivity contribution in [1.29, 1.82) is 0 Å². The van der Waals surface area contributed by atoms with Crippen LogP contribution in [0.2, 0.25) is 0 Å². The van der Waals surface area contributed by atoms with Gasteiger partial charge in [-0.3, -0.25) is 14.4 Å². The van der Waals surface area contributed by atoms with Crippen molar-refractivity contribution >= 4 is 23.7 Å². The number of carbonyl (C=O) groups is 4. The summed E-state index contributed by atoms with van der Waals surface area (Å²) in [5.41, 5.74) is 17.0. The van der Waals surface area contributed by atoms with Gasteiger partial charge in [-0.2, -0.15) is 0 Å². The monoisotopic (exact) mass is 529 g/mol. The third-order valence-electron chi connectivity index (χ3n) is 4.86. The molecule has 0 aromatic carbocycles. The van der Waals surface area contributed by atoms with Gasteiger partial charge in [0, 0.05) is 0 Å². The Kier molecular flexibility index (Phi) is 16.6. The quantitative estimate of drug-likeness (QED) is 0.0844. The summed E-state index contributed by atoms with van der Waals surface area (Å²) in [5, 5.41) is 18.7. The molecule has 0 unspecified atom stereocenters. The fourth-order valence-corrected chi connectivity index (χ4v) is 2.98. The molecule has 0 bridgehead atoms. The van der Waals surface area contributed by atoms with E-state index in [4.69, 9.17) is 17.2 Å². The second kappa shape index (κ2) is 17.9. The van der Waals surface area contributed by atoms with Crippen molar-refractivity contribution in [2.24, 2.45) is 17.2 Å². The summed E-state index contributed by atoms with van der Waals surface area (Å²) in [4.78, 5) is 56.3. The van der Waals surface area contributed by atoms with Crippen LogP contribution in [0.25, 0.3) is 0 Å². The van der Waals surface area contributed by atoms with Crippen LogP contribution in [-0.2, 0) is 42.7 Å². The second-order valence-electron chi connectivity index (χ2n) is 7.61. The van der Waals surface area contributed by atoms with Crippen LogP contribution in [0.15, 0.2) is 12.5 Å². The molecule has 1 heterocycles. The molecule has 0 aliphatic heterocycles. The number of carboxylic acid groups (broad SMARTS) is 1. The van der Waals surface area contributed by atoms with E-state index < -0.39 is 48.4 Å². The van der Waals surface area contributed by atoms with E-state index in [0.717, 1.165) is 6.42 Å². The zero-order valence-corrected chi connectivity index (χ0v) is 19.9. The Morgan fingerprint density at radius 1 is 0.971 bits per heavy atom. The van der Waals surface area contributed by atoms with Crippen LogP contribution in [0.3, 0.4) is 0 Å². The van der Waals surface area contributed by atoms with Crippen molar-refractivity contribution in [2.45, 2.75) is 63.1 Å². The predicted molar refractivity (Wildman–Crippen MR) is 117 cm³/mol. The van der Waals surface area contributed by atoms with Crippen molar-refractivity contribution < 1.29 is 41.4 Å². The summed E-state index contributed by atoms with van der Waals surface area (Å²) in [5.74, 6) is -3.31. The minimum absolute atomic E-state index is 0. The van der Waals surface area contributed by atoms with Crippen LogP contribution in [0.1, 0.15) is 44.2 Å². The van der Waals surface area contributed by atoms with Crippen molar-refractivity contribution in [2.75, 3.05) is 19.6 Å². The molecule has 9 N–H and O–H groups in total. The number of aliphatic carboxylic acids is 1. The summed E-state index contributed by atoms with van der Waals surface area (Å²) in [6, 6.07) is -3.15. The maximum atomic E-state index is 12.7. The fraction of sp³-hybridized carbons (Fsp3) is 0.650. The molecule has 0 saturated carbocycles. The van der Waals surface area contributed by atoms with Crippen molar-refractivity contribution in [3.63, 3.8) is 0 Å². The zero-order valence-electron chi connectivity index (χ0n) is 18.9. The molecule has 3 amide bonds. The first kappa shape index (κ1) is 31.5. The van der Waals surface area contributed by atoms with Gasteiger partial charge in [0.1, 0.15) is 6.04 Å². The van der Waals surface area contributed by atoms with Gasteiger partial charge in [0.2, 0.25) is 17.7 Å². The molecule has 1 aromatic heterocycles. The van der Waals surface area contributed by atoms with Gasteiger partial charge in [-0.05, 0) is 51.6 Å². The Hall–Kier alpha value is -2.51. The molecule has 0 fully saturated rings. The molecule has 1 radical (unpaired) electrons. The number of carbonyl (C=O) groups excluding carboxylic acids is 4. The first-order valence-electron chi connectivity index (χ1n) is 10.9. The Morgan fingerprint density at radius 2 is 1.62 bits per heavy atom. The summed E-state index contributed by atoms with van der Waals surface area (Å²) in [7, 11) is 0. The van der Waals surface area contributed by atoms with Crippen molar-refractivity contribution in [3.05, 3.63) is 18.2 Å². The van der Waals surface area contributed by atoms with E-state index in [1.54, 1.807) is 0 Å². The van der Waals surface area contributed by atoms with Gasteiger partial charge in [-0.25, -0.2) is 0 Å². The van der Waals surface area contributed by atoms with E-state index in [2.05, 4.69) is 25.9 Å². The summed E-state index contributed by atoms with van der Waals surface area (Å²) >= 11 is 0. The molecule has 13 nitrogen and oxygen atoms in total. The molecule has 0 saturated heterocycles. The second-order valence-corrected chi connectivity index (χ2v) is 7.61. The standard InChI is InChI=1S/C20H36N8O5.Cu/c21-7-3-1-5-14(23)18(30)25-11-17(29)27-16(9-13-10-24-12-26-13)19(31)28-15(20(32)33)6-2-4-8-22;/h10,12,14-16H,1-9,11,21-23H2,(H5,24,25,26,27,28,29,30,31,32,33);/q;+2/p-2/t14-,15-,16-;/m0./s1. The van der Waals surface area contributed by atoms with Gasteiger partial charge < -0.3 is 53.0 Å². The predicted octanol–water partition coefficient (Wildman–Crippen LogP) is -4.00. The average Bonchev–Trinajstić information content (AvgIpc) is 3.29. The molecule has 14 heteroatoms. The SMILES string of the molecule is NCCCC[C@H](NC(=O)[C@H](Cc1c[n-]cn1)NC(=O)CNC(=O)[C@@H](N)CCCCN)C(=O)[O-].[Cu+2]. The summed E-state index contributed by atoms with van der Waals surface area (Å²) in [6.07, 6.45) is 5.76. The number of hydrogen-bond acceptors (Lipinski definition) is 9. The molecule has 0 aliphatic carbocycles. The average molecular weight is 530 g/mol. The molecule has 0 aliphatic rings. The number of amides is 3. The maximum Gasteiger partial charge on any atom is 2.00 e. The number of nitrogens with one attached hydrogen (secondary N) is 3. The Bertz CT molecular complexity index is 749. The van der Waals surface area contributed by atoms with Crippen LogP contribution < -0.4 is 43.2 Å². The van der Waals surface area contributed by atoms with E-state index in [9.17, 15) is 24.3 Å². The minimum atomic E-state index is -1.44. The normalized spacial score (nSPS) is 13.1. The minimum Gasteiger partial charge on any atom is -0.548 e. The molecule has 195 valence electrons.